The maximum Gasteiger partial charge on any atom is 0.338 e. The van der Waals surface area contributed by atoms with E-state index >= 15 is 0 Å². The van der Waals surface area contributed by atoms with Gasteiger partial charge < -0.3 is 9.15 Å². The summed E-state index contributed by atoms with van der Waals surface area (Å²) in [7, 11) is -2.54. The highest BCUT2D eigenvalue weighted by atomic mass is 32.2. The number of oxazole rings is 1. The van der Waals surface area contributed by atoms with Crippen LogP contribution in [0.1, 0.15) is 67.7 Å². The van der Waals surface area contributed by atoms with E-state index in [9.17, 15) is 13.2 Å². The van der Waals surface area contributed by atoms with Crippen molar-refractivity contribution >= 4 is 16.0 Å². The second-order valence-electron chi connectivity index (χ2n) is 9.51. The Labute approximate surface area is 201 Å². The van der Waals surface area contributed by atoms with E-state index in [0.717, 1.165) is 11.1 Å². The molecule has 0 aliphatic rings. The Morgan fingerprint density at radius 1 is 1.12 bits per heavy atom. The van der Waals surface area contributed by atoms with Gasteiger partial charge in [-0.1, -0.05) is 52.8 Å². The number of carbonyl (C=O) groups is 1. The lowest BCUT2D eigenvalue weighted by molar-refractivity contribution is 0.0598. The van der Waals surface area contributed by atoms with Crippen LogP contribution in [0.5, 0.6) is 0 Å². The minimum atomic E-state index is -3.82. The average Bonchev–Trinajstić information content (AvgIpc) is 3.26. The van der Waals surface area contributed by atoms with Gasteiger partial charge in [0, 0.05) is 18.5 Å². The van der Waals surface area contributed by atoms with Gasteiger partial charge in [0.1, 0.15) is 6.26 Å². The van der Waals surface area contributed by atoms with Gasteiger partial charge in [0.25, 0.3) is 0 Å². The molecule has 0 fully saturated rings. The molecule has 2 aromatic carbocycles. The van der Waals surface area contributed by atoms with Crippen molar-refractivity contribution in [1.29, 1.82) is 0 Å². The number of methoxy groups -OCH3 is 1. The van der Waals surface area contributed by atoms with Crippen LogP contribution in [0.4, 0.5) is 0 Å². The van der Waals surface area contributed by atoms with Crippen LogP contribution in [-0.2, 0) is 26.6 Å². The van der Waals surface area contributed by atoms with E-state index in [-0.39, 0.29) is 28.3 Å². The Morgan fingerprint density at radius 3 is 2.38 bits per heavy atom. The number of nitrogens with zero attached hydrogens (tertiary/aromatic N) is 1. The smallest absolute Gasteiger partial charge is 0.338 e. The molecule has 0 bridgehead atoms. The molecule has 7 nitrogen and oxygen atoms in total. The summed E-state index contributed by atoms with van der Waals surface area (Å²) in [6.45, 7) is 10.5. The third-order valence-corrected chi connectivity index (χ3v) is 7.04. The molecule has 182 valence electrons. The lowest BCUT2D eigenvalue weighted by Gasteiger charge is -2.18. The maximum atomic E-state index is 12.8. The molecular formula is C26H32N2O5S. The molecule has 0 aliphatic carbocycles. The van der Waals surface area contributed by atoms with Crippen molar-refractivity contribution in [2.75, 3.05) is 13.7 Å². The Morgan fingerprint density at radius 2 is 1.79 bits per heavy atom. The van der Waals surface area contributed by atoms with Crippen molar-refractivity contribution < 1.29 is 22.4 Å². The predicted molar refractivity (Wildman–Crippen MR) is 131 cm³/mol. The number of aromatic nitrogens is 1. The number of rotatable bonds is 8. The topological polar surface area (TPSA) is 98.5 Å². The van der Waals surface area contributed by atoms with Gasteiger partial charge in [-0.25, -0.2) is 22.9 Å². The number of hydrogen-bond acceptors (Lipinski definition) is 6. The molecule has 0 saturated carbocycles. The van der Waals surface area contributed by atoms with Gasteiger partial charge in [0.15, 0.2) is 0 Å². The van der Waals surface area contributed by atoms with Crippen molar-refractivity contribution in [2.24, 2.45) is 0 Å². The fourth-order valence-electron chi connectivity index (χ4n) is 3.56. The summed E-state index contributed by atoms with van der Waals surface area (Å²) in [4.78, 5) is 16.6. The molecule has 8 heteroatoms. The van der Waals surface area contributed by atoms with E-state index in [4.69, 9.17) is 9.15 Å². The van der Waals surface area contributed by atoms with Crippen LogP contribution in [0.25, 0.3) is 11.5 Å². The van der Waals surface area contributed by atoms with E-state index in [1.807, 2.05) is 26.0 Å². The second-order valence-corrected chi connectivity index (χ2v) is 11.3. The summed E-state index contributed by atoms with van der Waals surface area (Å²) in [6, 6.07) is 12.6. The molecule has 3 aromatic rings. The average molecular weight is 485 g/mol. The van der Waals surface area contributed by atoms with E-state index in [0.29, 0.717) is 18.0 Å². The van der Waals surface area contributed by atoms with Gasteiger partial charge in [-0.2, -0.15) is 0 Å². The van der Waals surface area contributed by atoms with Crippen LogP contribution >= 0.6 is 0 Å². The van der Waals surface area contributed by atoms with Gasteiger partial charge in [-0.05, 0) is 46.7 Å². The Bertz CT molecular complexity index is 1250. The van der Waals surface area contributed by atoms with Crippen molar-refractivity contribution in [1.82, 2.24) is 9.71 Å². The van der Waals surface area contributed by atoms with Crippen molar-refractivity contribution in [2.45, 2.75) is 57.3 Å². The molecule has 0 saturated heterocycles. The molecule has 0 radical (unpaired) electrons. The first-order chi connectivity index (χ1) is 15.9. The summed E-state index contributed by atoms with van der Waals surface area (Å²) in [6.07, 6.45) is 1.89. The predicted octanol–water partition coefficient (Wildman–Crippen LogP) is 5.07. The zero-order chi connectivity index (χ0) is 25.1. The Kier molecular flexibility index (Phi) is 7.63. The van der Waals surface area contributed by atoms with E-state index < -0.39 is 16.0 Å². The highest BCUT2D eigenvalue weighted by Crippen LogP contribution is 2.26. The molecule has 0 aliphatic heterocycles. The highest BCUT2D eigenvalue weighted by molar-refractivity contribution is 7.89. The number of hydrogen-bond donors (Lipinski definition) is 1. The van der Waals surface area contributed by atoms with Crippen LogP contribution < -0.4 is 4.72 Å². The van der Waals surface area contributed by atoms with E-state index in [1.54, 1.807) is 6.07 Å². The lowest BCUT2D eigenvalue weighted by Crippen LogP contribution is -2.26. The minimum Gasteiger partial charge on any atom is -0.465 e. The summed E-state index contributed by atoms with van der Waals surface area (Å²) in [5.41, 5.74) is 3.76. The van der Waals surface area contributed by atoms with Crippen LogP contribution in [0.15, 0.2) is 58.0 Å². The molecule has 1 heterocycles. The summed E-state index contributed by atoms with van der Waals surface area (Å²) >= 11 is 0. The fourth-order valence-corrected chi connectivity index (χ4v) is 4.61. The summed E-state index contributed by atoms with van der Waals surface area (Å²) < 4.78 is 38.6. The normalized spacial score (nSPS) is 12.2. The largest absolute Gasteiger partial charge is 0.465 e. The van der Waals surface area contributed by atoms with Crippen LogP contribution in [0, 0.1) is 0 Å². The molecule has 1 aromatic heterocycles. The van der Waals surface area contributed by atoms with Crippen molar-refractivity contribution in [3.05, 3.63) is 71.1 Å². The van der Waals surface area contributed by atoms with Crippen molar-refractivity contribution in [3.8, 4) is 11.5 Å². The van der Waals surface area contributed by atoms with Gasteiger partial charge >= 0.3 is 5.97 Å². The van der Waals surface area contributed by atoms with Crippen LogP contribution in [0.2, 0.25) is 0 Å². The molecule has 3 rings (SSSR count). The fraction of sp³-hybridized carbons (Fsp3) is 0.385. The summed E-state index contributed by atoms with van der Waals surface area (Å²) in [5.74, 6) is -0.0263. The first-order valence-corrected chi connectivity index (χ1v) is 12.7. The monoisotopic (exact) mass is 484 g/mol. The van der Waals surface area contributed by atoms with Crippen molar-refractivity contribution in [3.63, 3.8) is 0 Å². The van der Waals surface area contributed by atoms with Gasteiger partial charge in [0.2, 0.25) is 15.9 Å². The molecule has 34 heavy (non-hydrogen) atoms. The van der Waals surface area contributed by atoms with Gasteiger partial charge in [0.05, 0.1) is 23.3 Å². The second kappa shape index (κ2) is 10.1. The van der Waals surface area contributed by atoms with E-state index in [2.05, 4.69) is 42.6 Å². The Balaban J connectivity index is 1.68. The third kappa shape index (κ3) is 5.93. The molecule has 0 atom stereocenters. The molecule has 0 unspecified atom stereocenters. The molecule has 0 amide bonds. The number of ether oxygens (including phenoxy) is 1. The van der Waals surface area contributed by atoms with Crippen LogP contribution in [0.3, 0.4) is 0 Å². The molecular weight excluding hydrogens is 452 g/mol. The maximum absolute atomic E-state index is 12.8. The summed E-state index contributed by atoms with van der Waals surface area (Å²) in [5, 5.41) is 0. The van der Waals surface area contributed by atoms with E-state index in [1.165, 1.54) is 31.1 Å². The Hall–Kier alpha value is -2.97. The number of carbonyl (C=O) groups excluding carboxylic acids is 1. The molecule has 0 spiro atoms. The van der Waals surface area contributed by atoms with Gasteiger partial charge in [-0.3, -0.25) is 0 Å². The van der Waals surface area contributed by atoms with Crippen LogP contribution in [-0.4, -0.2) is 33.0 Å². The third-order valence-electron chi connectivity index (χ3n) is 5.59. The highest BCUT2D eigenvalue weighted by Gasteiger charge is 2.21. The standard InChI is InChI=1S/C26H32N2O5S/c1-17(2)22-12-11-21(15-23(22)25(29)32-6)34(30,31)27-14-13-20-16-33-24(28-20)18-7-9-19(10-8-18)26(3,4)5/h7-12,15-17,27H,13-14H2,1-6H3. The quantitative estimate of drug-likeness (QED) is 0.448. The zero-order valence-electron chi connectivity index (χ0n) is 20.5. The number of nitrogens with one attached hydrogen (secondary N) is 1. The minimum absolute atomic E-state index is 0.0112. The number of benzene rings is 2. The first-order valence-electron chi connectivity index (χ1n) is 11.2. The SMILES string of the molecule is COC(=O)c1cc(S(=O)(=O)NCCc2coc(-c3ccc(C(C)(C)C)cc3)n2)ccc1C(C)C. The van der Waals surface area contributed by atoms with Gasteiger partial charge in [-0.15, -0.1) is 0 Å². The first kappa shape index (κ1) is 25.6. The zero-order valence-corrected chi connectivity index (χ0v) is 21.3. The lowest BCUT2D eigenvalue weighted by atomic mass is 9.87. The number of esters is 1. The number of sulfonamides is 1. The molecule has 1 N–H and O–H groups in total.